The third kappa shape index (κ3) is 4.20. The third-order valence-electron chi connectivity index (χ3n) is 5.02. The van der Waals surface area contributed by atoms with Crippen LogP contribution in [0.5, 0.6) is 0 Å². The molecule has 0 aromatic heterocycles. The van der Waals surface area contributed by atoms with Gasteiger partial charge in [0.15, 0.2) is 0 Å². The van der Waals surface area contributed by atoms with Gasteiger partial charge in [0.2, 0.25) is 5.91 Å². The molecule has 2 aliphatic rings. The first-order chi connectivity index (χ1) is 9.20. The van der Waals surface area contributed by atoms with E-state index in [0.29, 0.717) is 24.5 Å². The Hall–Kier alpha value is -0.570. The van der Waals surface area contributed by atoms with Crippen LogP contribution in [0.1, 0.15) is 65.2 Å². The topological polar surface area (TPSA) is 32.3 Å². The first kappa shape index (κ1) is 14.8. The number of amides is 1. The van der Waals surface area contributed by atoms with Crippen molar-refractivity contribution in [3.8, 4) is 0 Å². The largest absolute Gasteiger partial charge is 0.352 e. The standard InChI is InChI=1S/C16H30N2O/c1-3-14-9-6-7-11-18(14)12-16(19)17-15-10-5-4-8-13(15)2/h13-15H,3-12H2,1-2H3,(H,17,19)/t13-,14-,15+/m1/s1. The molecule has 1 aliphatic carbocycles. The number of hydrogen-bond donors (Lipinski definition) is 1. The van der Waals surface area contributed by atoms with Crippen molar-refractivity contribution in [3.63, 3.8) is 0 Å². The van der Waals surface area contributed by atoms with Crippen LogP contribution in [0.25, 0.3) is 0 Å². The van der Waals surface area contributed by atoms with Gasteiger partial charge in [0, 0.05) is 12.1 Å². The minimum absolute atomic E-state index is 0.249. The molecule has 2 fully saturated rings. The minimum Gasteiger partial charge on any atom is -0.352 e. The van der Waals surface area contributed by atoms with E-state index in [0.717, 1.165) is 6.54 Å². The Labute approximate surface area is 118 Å². The van der Waals surface area contributed by atoms with E-state index >= 15 is 0 Å². The maximum Gasteiger partial charge on any atom is 0.234 e. The Morgan fingerprint density at radius 3 is 2.63 bits per heavy atom. The fraction of sp³-hybridized carbons (Fsp3) is 0.938. The van der Waals surface area contributed by atoms with Crippen LogP contribution < -0.4 is 5.32 Å². The van der Waals surface area contributed by atoms with Crippen LogP contribution in [0.2, 0.25) is 0 Å². The number of rotatable bonds is 4. The van der Waals surface area contributed by atoms with E-state index in [1.165, 1.54) is 51.4 Å². The van der Waals surface area contributed by atoms with E-state index in [9.17, 15) is 4.79 Å². The lowest BCUT2D eigenvalue weighted by Crippen LogP contribution is -2.49. The van der Waals surface area contributed by atoms with E-state index < -0.39 is 0 Å². The monoisotopic (exact) mass is 266 g/mol. The molecule has 3 atom stereocenters. The molecule has 1 amide bonds. The van der Waals surface area contributed by atoms with E-state index in [1.54, 1.807) is 0 Å². The van der Waals surface area contributed by atoms with Gasteiger partial charge in [-0.25, -0.2) is 0 Å². The summed E-state index contributed by atoms with van der Waals surface area (Å²) in [7, 11) is 0. The van der Waals surface area contributed by atoms with Gasteiger partial charge in [-0.15, -0.1) is 0 Å². The van der Waals surface area contributed by atoms with Crippen molar-refractivity contribution in [2.45, 2.75) is 77.3 Å². The van der Waals surface area contributed by atoms with Gasteiger partial charge in [0.1, 0.15) is 0 Å². The Morgan fingerprint density at radius 2 is 1.89 bits per heavy atom. The number of nitrogens with one attached hydrogen (secondary N) is 1. The van der Waals surface area contributed by atoms with Crippen molar-refractivity contribution in [3.05, 3.63) is 0 Å². The summed E-state index contributed by atoms with van der Waals surface area (Å²) in [6.07, 6.45) is 10.1. The molecule has 3 nitrogen and oxygen atoms in total. The van der Waals surface area contributed by atoms with Crippen molar-refractivity contribution in [2.75, 3.05) is 13.1 Å². The lowest BCUT2D eigenvalue weighted by Gasteiger charge is -2.36. The molecule has 1 heterocycles. The first-order valence-electron chi connectivity index (χ1n) is 8.24. The molecule has 0 spiro atoms. The number of hydrogen-bond acceptors (Lipinski definition) is 2. The van der Waals surface area contributed by atoms with Gasteiger partial charge in [-0.1, -0.05) is 33.1 Å². The molecule has 1 saturated carbocycles. The van der Waals surface area contributed by atoms with Gasteiger partial charge in [0.25, 0.3) is 0 Å². The van der Waals surface area contributed by atoms with Crippen LogP contribution in [-0.2, 0) is 4.79 Å². The number of carbonyl (C=O) groups is 1. The van der Waals surface area contributed by atoms with E-state index in [2.05, 4.69) is 24.1 Å². The molecule has 2 rings (SSSR count). The summed E-state index contributed by atoms with van der Waals surface area (Å²) in [5.74, 6) is 0.903. The van der Waals surface area contributed by atoms with Crippen molar-refractivity contribution in [1.82, 2.24) is 10.2 Å². The number of carbonyl (C=O) groups excluding carboxylic acids is 1. The minimum atomic E-state index is 0.249. The van der Waals surface area contributed by atoms with Gasteiger partial charge in [-0.3, -0.25) is 9.69 Å². The van der Waals surface area contributed by atoms with Crippen molar-refractivity contribution in [1.29, 1.82) is 0 Å². The van der Waals surface area contributed by atoms with Gasteiger partial charge in [-0.2, -0.15) is 0 Å². The highest BCUT2D eigenvalue weighted by molar-refractivity contribution is 5.78. The van der Waals surface area contributed by atoms with E-state index in [-0.39, 0.29) is 5.91 Å². The summed E-state index contributed by atoms with van der Waals surface area (Å²) in [5.41, 5.74) is 0. The molecule has 1 aliphatic heterocycles. The second kappa shape index (κ2) is 7.28. The van der Waals surface area contributed by atoms with Crippen molar-refractivity contribution < 1.29 is 4.79 Å². The Kier molecular flexibility index (Phi) is 5.68. The summed E-state index contributed by atoms with van der Waals surface area (Å²) in [4.78, 5) is 14.6. The van der Waals surface area contributed by atoms with Gasteiger partial charge >= 0.3 is 0 Å². The third-order valence-corrected chi connectivity index (χ3v) is 5.02. The highest BCUT2D eigenvalue weighted by Crippen LogP contribution is 2.24. The van der Waals surface area contributed by atoms with Gasteiger partial charge in [-0.05, 0) is 44.6 Å². The van der Waals surface area contributed by atoms with E-state index in [1.807, 2.05) is 0 Å². The van der Waals surface area contributed by atoms with E-state index in [4.69, 9.17) is 0 Å². The normalized spacial score (nSPS) is 33.1. The molecule has 0 radical (unpaired) electrons. The second-order valence-electron chi connectivity index (χ2n) is 6.46. The average Bonchev–Trinajstić information content (AvgIpc) is 2.42. The quantitative estimate of drug-likeness (QED) is 0.848. The number of piperidine rings is 1. The van der Waals surface area contributed by atoms with Crippen LogP contribution in [-0.4, -0.2) is 36.0 Å². The van der Waals surface area contributed by atoms with Gasteiger partial charge in [0.05, 0.1) is 6.54 Å². The summed E-state index contributed by atoms with van der Waals surface area (Å²) in [6, 6.07) is 1.05. The molecule has 0 bridgehead atoms. The zero-order chi connectivity index (χ0) is 13.7. The van der Waals surface area contributed by atoms with Crippen LogP contribution in [0.4, 0.5) is 0 Å². The predicted octanol–water partition coefficient (Wildman–Crippen LogP) is 2.95. The molecule has 3 heteroatoms. The predicted molar refractivity (Wildman–Crippen MR) is 79.1 cm³/mol. The highest BCUT2D eigenvalue weighted by Gasteiger charge is 2.26. The molecule has 1 saturated heterocycles. The average molecular weight is 266 g/mol. The van der Waals surface area contributed by atoms with Crippen molar-refractivity contribution in [2.24, 2.45) is 5.92 Å². The highest BCUT2D eigenvalue weighted by atomic mass is 16.2. The maximum atomic E-state index is 12.2. The van der Waals surface area contributed by atoms with Crippen LogP contribution >= 0.6 is 0 Å². The molecule has 19 heavy (non-hydrogen) atoms. The maximum absolute atomic E-state index is 12.2. The number of nitrogens with zero attached hydrogens (tertiary/aromatic N) is 1. The first-order valence-corrected chi connectivity index (χ1v) is 8.24. The molecule has 0 unspecified atom stereocenters. The van der Waals surface area contributed by atoms with Gasteiger partial charge < -0.3 is 5.32 Å². The van der Waals surface area contributed by atoms with Crippen molar-refractivity contribution >= 4 is 5.91 Å². The van der Waals surface area contributed by atoms with Crippen LogP contribution in [0.15, 0.2) is 0 Å². The molecular weight excluding hydrogens is 236 g/mol. The lowest BCUT2D eigenvalue weighted by atomic mass is 9.86. The fourth-order valence-corrected chi connectivity index (χ4v) is 3.70. The second-order valence-corrected chi connectivity index (χ2v) is 6.46. The SMILES string of the molecule is CC[C@@H]1CCCCN1CC(=O)N[C@H]1CCCC[C@H]1C. The Bertz CT molecular complexity index is 292. The molecule has 1 N–H and O–H groups in total. The fourth-order valence-electron chi connectivity index (χ4n) is 3.70. The molecule has 0 aromatic rings. The zero-order valence-corrected chi connectivity index (χ0v) is 12.7. The summed E-state index contributed by atoms with van der Waals surface area (Å²) >= 11 is 0. The molecule has 0 aromatic carbocycles. The lowest BCUT2D eigenvalue weighted by molar-refractivity contribution is -0.124. The smallest absolute Gasteiger partial charge is 0.234 e. The molecular formula is C16H30N2O. The summed E-state index contributed by atoms with van der Waals surface area (Å²) in [6.45, 7) is 6.23. The Morgan fingerprint density at radius 1 is 1.16 bits per heavy atom. The van der Waals surface area contributed by atoms with Crippen LogP contribution in [0, 0.1) is 5.92 Å². The molecule has 110 valence electrons. The zero-order valence-electron chi connectivity index (χ0n) is 12.7. The Balaban J connectivity index is 1.79. The van der Waals surface area contributed by atoms with Crippen LogP contribution in [0.3, 0.4) is 0 Å². The summed E-state index contributed by atoms with van der Waals surface area (Å²) < 4.78 is 0. The summed E-state index contributed by atoms with van der Waals surface area (Å²) in [5, 5.41) is 3.28. The number of likely N-dealkylation sites (tertiary alicyclic amines) is 1.